The highest BCUT2D eigenvalue weighted by Crippen LogP contribution is 2.28. The van der Waals surface area contributed by atoms with Crippen LogP contribution in [0.15, 0.2) is 48.2 Å². The highest BCUT2D eigenvalue weighted by Gasteiger charge is 2.36. The fraction of sp³-hybridized carbons (Fsp3) is 0.364. The number of aromatic nitrogens is 3. The maximum atomic E-state index is 12.8. The number of hydrogen-bond acceptors (Lipinski definition) is 6. The van der Waals surface area contributed by atoms with Gasteiger partial charge in [0, 0.05) is 87.5 Å². The van der Waals surface area contributed by atoms with Crippen molar-refractivity contribution >= 4 is 28.8 Å². The van der Waals surface area contributed by atoms with Gasteiger partial charge in [-0.3, -0.25) is 14.5 Å². The number of carbonyl (C=O) groups is 2. The van der Waals surface area contributed by atoms with E-state index in [9.17, 15) is 9.59 Å². The highest BCUT2D eigenvalue weighted by molar-refractivity contribution is 7.11. The van der Waals surface area contributed by atoms with Crippen LogP contribution in [0.2, 0.25) is 0 Å². The molecule has 0 aliphatic carbocycles. The number of piperazine rings is 1. The second-order valence-electron chi connectivity index (χ2n) is 7.94. The molecule has 2 aliphatic rings. The zero-order valence-electron chi connectivity index (χ0n) is 17.3. The van der Waals surface area contributed by atoms with Crippen LogP contribution in [0.5, 0.6) is 0 Å². The molecule has 2 aliphatic heterocycles. The van der Waals surface area contributed by atoms with E-state index < -0.39 is 0 Å². The van der Waals surface area contributed by atoms with E-state index in [1.54, 1.807) is 12.4 Å². The first-order valence-electron chi connectivity index (χ1n) is 10.4. The van der Waals surface area contributed by atoms with E-state index >= 15 is 0 Å². The van der Waals surface area contributed by atoms with Gasteiger partial charge in [-0.15, -0.1) is 11.3 Å². The number of hydrogen-bond donors (Lipinski definition) is 0. The van der Waals surface area contributed by atoms with Crippen LogP contribution >= 0.6 is 11.3 Å². The van der Waals surface area contributed by atoms with Crippen molar-refractivity contribution < 1.29 is 9.59 Å². The summed E-state index contributed by atoms with van der Waals surface area (Å²) in [5, 5.41) is 2.37. The van der Waals surface area contributed by atoms with E-state index in [1.165, 1.54) is 11.3 Å². The monoisotopic (exact) mass is 436 g/mol. The molecule has 0 bridgehead atoms. The first-order valence-corrected chi connectivity index (χ1v) is 11.3. The molecule has 3 aromatic rings. The van der Waals surface area contributed by atoms with E-state index in [1.807, 2.05) is 57.3 Å². The Bertz CT molecular complexity index is 1090. The number of anilines is 1. The van der Waals surface area contributed by atoms with Gasteiger partial charge in [0.1, 0.15) is 5.82 Å². The maximum absolute atomic E-state index is 12.8. The van der Waals surface area contributed by atoms with Crippen LogP contribution in [-0.4, -0.2) is 74.9 Å². The fourth-order valence-corrected chi connectivity index (χ4v) is 5.00. The van der Waals surface area contributed by atoms with Crippen LogP contribution in [0.1, 0.15) is 16.2 Å². The Kier molecular flexibility index (Phi) is 5.29. The van der Waals surface area contributed by atoms with Crippen molar-refractivity contribution in [3.8, 4) is 11.4 Å². The number of nitrogens with zero attached hydrogens (tertiary/aromatic N) is 6. The van der Waals surface area contributed by atoms with Crippen molar-refractivity contribution in [2.24, 2.45) is 7.05 Å². The molecule has 1 atom stereocenters. The summed E-state index contributed by atoms with van der Waals surface area (Å²) in [5.74, 6) is 1.03. The smallest absolute Gasteiger partial charge is 0.282 e. The molecule has 160 valence electrons. The van der Waals surface area contributed by atoms with Gasteiger partial charge in [-0.1, -0.05) is 12.1 Å². The molecule has 5 rings (SSSR count). The van der Waals surface area contributed by atoms with Crippen LogP contribution in [-0.2, 0) is 11.8 Å². The Morgan fingerprint density at radius 2 is 1.97 bits per heavy atom. The molecule has 0 spiro atoms. The third-order valence-electron chi connectivity index (χ3n) is 6.07. The Morgan fingerprint density at radius 1 is 1.13 bits per heavy atom. The van der Waals surface area contributed by atoms with Crippen molar-refractivity contribution in [3.05, 3.63) is 53.2 Å². The third-order valence-corrected chi connectivity index (χ3v) is 6.84. The van der Waals surface area contributed by atoms with Crippen molar-refractivity contribution in [3.63, 3.8) is 0 Å². The fourth-order valence-electron chi connectivity index (χ4n) is 4.39. The molecule has 2 saturated heterocycles. The van der Waals surface area contributed by atoms with Crippen molar-refractivity contribution in [1.29, 1.82) is 0 Å². The summed E-state index contributed by atoms with van der Waals surface area (Å²) < 4.78 is 1.97. The lowest BCUT2D eigenvalue weighted by atomic mass is 10.1. The molecular weight excluding hydrogens is 412 g/mol. The minimum Gasteiger partial charge on any atom is -0.334 e. The molecule has 31 heavy (non-hydrogen) atoms. The summed E-state index contributed by atoms with van der Waals surface area (Å²) in [6.45, 7) is 3.55. The predicted molar refractivity (Wildman–Crippen MR) is 119 cm³/mol. The standard InChI is InChI=1S/C22H24N6O2S/c1-25-7-5-23-20(25)16-3-2-4-17(13-16)28-15-18(14-19(28)29)26-8-10-27(11-9-26)22(30)21-24-6-12-31-21/h2-7,12-13,18H,8-11,14-15H2,1H3. The SMILES string of the molecule is Cn1ccnc1-c1cccc(N2CC(N3CCN(C(=O)c4nccs4)CC3)CC2=O)c1. The first kappa shape index (κ1) is 19.9. The van der Waals surface area contributed by atoms with Gasteiger partial charge in [-0.05, 0) is 12.1 Å². The Labute approximate surface area is 184 Å². The molecule has 2 amide bonds. The van der Waals surface area contributed by atoms with Gasteiger partial charge >= 0.3 is 0 Å². The summed E-state index contributed by atoms with van der Waals surface area (Å²) in [6.07, 6.45) is 5.86. The van der Waals surface area contributed by atoms with E-state index in [4.69, 9.17) is 0 Å². The summed E-state index contributed by atoms with van der Waals surface area (Å²) in [5.41, 5.74) is 1.90. The second-order valence-corrected chi connectivity index (χ2v) is 8.83. The minimum absolute atomic E-state index is 0.00451. The number of rotatable bonds is 4. The van der Waals surface area contributed by atoms with Gasteiger partial charge in [0.15, 0.2) is 5.01 Å². The maximum Gasteiger partial charge on any atom is 0.282 e. The summed E-state index contributed by atoms with van der Waals surface area (Å²) in [6, 6.07) is 8.18. The molecule has 9 heteroatoms. The van der Waals surface area contributed by atoms with Crippen LogP contribution < -0.4 is 4.90 Å². The number of aryl methyl sites for hydroxylation is 1. The number of amides is 2. The summed E-state index contributed by atoms with van der Waals surface area (Å²) in [7, 11) is 1.96. The van der Waals surface area contributed by atoms with Gasteiger partial charge in [0.05, 0.1) is 0 Å². The molecule has 0 saturated carbocycles. The number of benzene rings is 1. The predicted octanol–water partition coefficient (Wildman–Crippen LogP) is 2.11. The molecule has 0 radical (unpaired) electrons. The highest BCUT2D eigenvalue weighted by atomic mass is 32.1. The molecule has 1 aromatic carbocycles. The lowest BCUT2D eigenvalue weighted by molar-refractivity contribution is -0.117. The van der Waals surface area contributed by atoms with Gasteiger partial charge in [0.25, 0.3) is 5.91 Å². The van der Waals surface area contributed by atoms with E-state index in [0.29, 0.717) is 31.1 Å². The summed E-state index contributed by atoms with van der Waals surface area (Å²) in [4.78, 5) is 40.0. The second kappa shape index (κ2) is 8.24. The Hall–Kier alpha value is -3.04. The first-order chi connectivity index (χ1) is 15.1. The molecule has 4 heterocycles. The van der Waals surface area contributed by atoms with Gasteiger partial charge in [-0.25, -0.2) is 9.97 Å². The molecule has 2 aromatic heterocycles. The lowest BCUT2D eigenvalue weighted by Gasteiger charge is -2.37. The number of thiazole rings is 1. The van der Waals surface area contributed by atoms with Crippen molar-refractivity contribution in [2.45, 2.75) is 12.5 Å². The topological polar surface area (TPSA) is 74.6 Å². The molecule has 8 nitrogen and oxygen atoms in total. The normalized spacial score (nSPS) is 19.9. The van der Waals surface area contributed by atoms with Crippen LogP contribution in [0.3, 0.4) is 0 Å². The molecule has 0 N–H and O–H groups in total. The van der Waals surface area contributed by atoms with Gasteiger partial charge in [0.2, 0.25) is 5.91 Å². The van der Waals surface area contributed by atoms with Crippen molar-refractivity contribution in [1.82, 2.24) is 24.3 Å². The number of imidazole rings is 1. The number of carbonyl (C=O) groups excluding carboxylic acids is 2. The molecule has 1 unspecified atom stereocenters. The average molecular weight is 437 g/mol. The van der Waals surface area contributed by atoms with E-state index in [-0.39, 0.29) is 17.9 Å². The van der Waals surface area contributed by atoms with E-state index in [0.717, 1.165) is 30.2 Å². The Morgan fingerprint density at radius 3 is 2.68 bits per heavy atom. The Balaban J connectivity index is 1.24. The lowest BCUT2D eigenvalue weighted by Crippen LogP contribution is -2.52. The quantitative estimate of drug-likeness (QED) is 0.626. The summed E-state index contributed by atoms with van der Waals surface area (Å²) >= 11 is 1.38. The van der Waals surface area contributed by atoms with Crippen molar-refractivity contribution in [2.75, 3.05) is 37.6 Å². The van der Waals surface area contributed by atoms with Crippen LogP contribution in [0.25, 0.3) is 11.4 Å². The van der Waals surface area contributed by atoms with Crippen LogP contribution in [0.4, 0.5) is 5.69 Å². The van der Waals surface area contributed by atoms with Gasteiger partial charge in [-0.2, -0.15) is 0 Å². The molecule has 2 fully saturated rings. The van der Waals surface area contributed by atoms with Gasteiger partial charge < -0.3 is 14.4 Å². The zero-order valence-corrected chi connectivity index (χ0v) is 18.2. The largest absolute Gasteiger partial charge is 0.334 e. The van der Waals surface area contributed by atoms with Crippen LogP contribution in [0, 0.1) is 0 Å². The zero-order chi connectivity index (χ0) is 21.4. The average Bonchev–Trinajstić information content (AvgIpc) is 3.55. The molecular formula is C22H24N6O2S. The van der Waals surface area contributed by atoms with E-state index in [2.05, 4.69) is 14.9 Å². The minimum atomic E-state index is 0.00451. The third kappa shape index (κ3) is 3.86.